The van der Waals surface area contributed by atoms with Crippen LogP contribution in [0.1, 0.15) is 45.1 Å². The molecule has 0 aliphatic heterocycles. The van der Waals surface area contributed by atoms with Crippen molar-refractivity contribution in [3.05, 3.63) is 84.4 Å². The second-order valence-corrected chi connectivity index (χ2v) is 8.86. The van der Waals surface area contributed by atoms with Crippen LogP contribution in [0.15, 0.2) is 78.9 Å². The van der Waals surface area contributed by atoms with Gasteiger partial charge in [-0.1, -0.05) is 82.0 Å². The first kappa shape index (κ1) is 19.1. The molecule has 0 amide bonds. The van der Waals surface area contributed by atoms with Crippen molar-refractivity contribution in [2.24, 2.45) is 5.92 Å². The molecule has 1 atom stereocenters. The summed E-state index contributed by atoms with van der Waals surface area (Å²) >= 11 is 0. The predicted octanol–water partition coefficient (Wildman–Crippen LogP) is 9.06. The predicted molar refractivity (Wildman–Crippen MR) is 133 cm³/mol. The van der Waals surface area contributed by atoms with Crippen molar-refractivity contribution in [2.45, 2.75) is 46.0 Å². The summed E-state index contributed by atoms with van der Waals surface area (Å²) in [5.74, 6) is 0.786. The van der Waals surface area contributed by atoms with Crippen molar-refractivity contribution in [3.8, 4) is 0 Å². The average Bonchev–Trinajstić information content (AvgIpc) is 2.77. The number of benzene rings is 5. The fourth-order valence-electron chi connectivity index (χ4n) is 4.97. The number of hydrogen-bond donors (Lipinski definition) is 0. The minimum atomic E-state index is 0.786. The van der Waals surface area contributed by atoms with E-state index in [1.165, 1.54) is 80.8 Å². The fraction of sp³-hybridized carbons (Fsp3) is 0.267. The molecule has 150 valence electrons. The second kappa shape index (κ2) is 8.11. The van der Waals surface area contributed by atoms with Crippen molar-refractivity contribution in [2.75, 3.05) is 0 Å². The van der Waals surface area contributed by atoms with Gasteiger partial charge in [0, 0.05) is 0 Å². The topological polar surface area (TPSA) is 0 Å². The molecule has 1 unspecified atom stereocenters. The summed E-state index contributed by atoms with van der Waals surface area (Å²) in [4.78, 5) is 0. The van der Waals surface area contributed by atoms with Gasteiger partial charge < -0.3 is 0 Å². The van der Waals surface area contributed by atoms with Crippen LogP contribution >= 0.6 is 0 Å². The van der Waals surface area contributed by atoms with Gasteiger partial charge in [-0.2, -0.15) is 0 Å². The van der Waals surface area contributed by atoms with E-state index in [2.05, 4.69) is 92.7 Å². The molecule has 30 heavy (non-hydrogen) atoms. The standard InChI is InChI=1S/C30H30/c1-3-5-9-21(4-2)14-24-12-8-13-25-17-28-18-26-15-22-10-6-7-11-23(22)16-27(26)19-29(28)20-30(24)25/h6-8,10-13,15-21H,3-5,9,14H2,1-2H3. The van der Waals surface area contributed by atoms with Crippen molar-refractivity contribution in [1.82, 2.24) is 0 Å². The maximum Gasteiger partial charge on any atom is -0.0145 e. The first-order valence-corrected chi connectivity index (χ1v) is 11.5. The number of unbranched alkanes of at least 4 members (excludes halogenated alkanes) is 1. The smallest absolute Gasteiger partial charge is 0.0145 e. The van der Waals surface area contributed by atoms with Gasteiger partial charge in [0.05, 0.1) is 0 Å². The Balaban J connectivity index is 1.64. The zero-order valence-electron chi connectivity index (χ0n) is 18.1. The normalized spacial score (nSPS) is 12.9. The van der Waals surface area contributed by atoms with Crippen LogP contribution in [0.4, 0.5) is 0 Å². The molecule has 0 saturated heterocycles. The van der Waals surface area contributed by atoms with Crippen molar-refractivity contribution in [3.63, 3.8) is 0 Å². The molecule has 0 heteroatoms. The highest BCUT2D eigenvalue weighted by Crippen LogP contribution is 2.32. The van der Waals surface area contributed by atoms with E-state index in [1.54, 1.807) is 0 Å². The Labute approximate surface area is 179 Å². The molecular weight excluding hydrogens is 360 g/mol. The van der Waals surface area contributed by atoms with E-state index in [-0.39, 0.29) is 0 Å². The second-order valence-electron chi connectivity index (χ2n) is 8.86. The highest BCUT2D eigenvalue weighted by atomic mass is 14.2. The molecule has 0 aliphatic rings. The van der Waals surface area contributed by atoms with E-state index >= 15 is 0 Å². The van der Waals surface area contributed by atoms with Gasteiger partial charge >= 0.3 is 0 Å². The lowest BCUT2D eigenvalue weighted by atomic mass is 9.89. The first-order valence-electron chi connectivity index (χ1n) is 11.5. The largest absolute Gasteiger partial charge is 0.0654 e. The summed E-state index contributed by atoms with van der Waals surface area (Å²) in [6.45, 7) is 4.64. The van der Waals surface area contributed by atoms with Gasteiger partial charge in [0.25, 0.3) is 0 Å². The first-order chi connectivity index (χ1) is 14.7. The minimum absolute atomic E-state index is 0.786. The molecule has 5 aromatic rings. The summed E-state index contributed by atoms with van der Waals surface area (Å²) in [7, 11) is 0. The Bertz CT molecular complexity index is 1340. The third-order valence-corrected chi connectivity index (χ3v) is 6.80. The Morgan fingerprint density at radius 3 is 1.80 bits per heavy atom. The van der Waals surface area contributed by atoms with Crippen LogP contribution in [0, 0.1) is 5.92 Å². The molecule has 0 aromatic heterocycles. The SMILES string of the molecule is CCCCC(CC)Cc1cccc2cc3cc4cc5ccccc5cc4cc3cc12. The van der Waals surface area contributed by atoms with Crippen LogP contribution in [-0.2, 0) is 6.42 Å². The van der Waals surface area contributed by atoms with Gasteiger partial charge in [-0.15, -0.1) is 0 Å². The molecular formula is C30H30. The Kier molecular flexibility index (Phi) is 5.17. The Hall–Kier alpha value is -2.86. The number of fused-ring (bicyclic) bond motifs is 4. The molecule has 0 heterocycles. The summed E-state index contributed by atoms with van der Waals surface area (Å²) in [6.07, 6.45) is 6.43. The lowest BCUT2D eigenvalue weighted by Crippen LogP contribution is -2.04. The zero-order valence-corrected chi connectivity index (χ0v) is 18.1. The Morgan fingerprint density at radius 1 is 0.600 bits per heavy atom. The van der Waals surface area contributed by atoms with Gasteiger partial charge in [0.1, 0.15) is 0 Å². The van der Waals surface area contributed by atoms with Crippen LogP contribution in [-0.4, -0.2) is 0 Å². The van der Waals surface area contributed by atoms with Crippen LogP contribution < -0.4 is 0 Å². The zero-order chi connectivity index (χ0) is 20.5. The van der Waals surface area contributed by atoms with Crippen LogP contribution in [0.3, 0.4) is 0 Å². The van der Waals surface area contributed by atoms with E-state index in [0.717, 1.165) is 5.92 Å². The van der Waals surface area contributed by atoms with Crippen LogP contribution in [0.5, 0.6) is 0 Å². The summed E-state index contributed by atoms with van der Waals surface area (Å²) in [5, 5.41) is 10.7. The van der Waals surface area contributed by atoms with Crippen LogP contribution in [0.25, 0.3) is 43.1 Å². The summed E-state index contributed by atoms with van der Waals surface area (Å²) < 4.78 is 0. The molecule has 0 N–H and O–H groups in total. The molecule has 0 radical (unpaired) electrons. The molecule has 0 bridgehead atoms. The fourth-order valence-corrected chi connectivity index (χ4v) is 4.97. The molecule has 0 spiro atoms. The number of hydrogen-bond acceptors (Lipinski definition) is 0. The minimum Gasteiger partial charge on any atom is -0.0654 e. The summed E-state index contributed by atoms with van der Waals surface area (Å²) in [5.41, 5.74) is 1.51. The van der Waals surface area contributed by atoms with Gasteiger partial charge in [-0.25, -0.2) is 0 Å². The molecule has 0 nitrogen and oxygen atoms in total. The highest BCUT2D eigenvalue weighted by Gasteiger charge is 2.11. The summed E-state index contributed by atoms with van der Waals surface area (Å²) in [6, 6.07) is 29.7. The quantitative estimate of drug-likeness (QED) is 0.254. The van der Waals surface area contributed by atoms with E-state index < -0.39 is 0 Å². The molecule has 5 aromatic carbocycles. The lowest BCUT2D eigenvalue weighted by molar-refractivity contribution is 0.450. The maximum absolute atomic E-state index is 2.43. The molecule has 0 aliphatic carbocycles. The van der Waals surface area contributed by atoms with E-state index in [9.17, 15) is 0 Å². The monoisotopic (exact) mass is 390 g/mol. The third-order valence-electron chi connectivity index (χ3n) is 6.80. The third kappa shape index (κ3) is 3.56. The van der Waals surface area contributed by atoms with Gasteiger partial charge in [0.15, 0.2) is 0 Å². The maximum atomic E-state index is 2.43. The molecule has 0 saturated carbocycles. The highest BCUT2D eigenvalue weighted by molar-refractivity contribution is 6.08. The Morgan fingerprint density at radius 2 is 1.17 bits per heavy atom. The lowest BCUT2D eigenvalue weighted by Gasteiger charge is -2.16. The number of rotatable bonds is 6. The molecule has 5 rings (SSSR count). The van der Waals surface area contributed by atoms with Crippen molar-refractivity contribution in [1.29, 1.82) is 0 Å². The van der Waals surface area contributed by atoms with E-state index in [1.807, 2.05) is 0 Å². The van der Waals surface area contributed by atoms with Crippen molar-refractivity contribution < 1.29 is 0 Å². The van der Waals surface area contributed by atoms with E-state index in [0.29, 0.717) is 0 Å². The van der Waals surface area contributed by atoms with Crippen LogP contribution in [0.2, 0.25) is 0 Å². The van der Waals surface area contributed by atoms with Gasteiger partial charge in [-0.05, 0) is 97.4 Å². The average molecular weight is 391 g/mol. The van der Waals surface area contributed by atoms with Gasteiger partial charge in [-0.3, -0.25) is 0 Å². The van der Waals surface area contributed by atoms with Gasteiger partial charge in [0.2, 0.25) is 0 Å². The van der Waals surface area contributed by atoms with Crippen molar-refractivity contribution >= 4 is 43.1 Å². The molecule has 0 fully saturated rings. The van der Waals surface area contributed by atoms with E-state index in [4.69, 9.17) is 0 Å².